The summed E-state index contributed by atoms with van der Waals surface area (Å²) >= 11 is 0. The van der Waals surface area contributed by atoms with Crippen LogP contribution < -0.4 is 41.4 Å². The summed E-state index contributed by atoms with van der Waals surface area (Å²) in [5.41, 5.74) is 4.72. The largest absolute Gasteiger partial charge is 2.00 e. The molecule has 0 radical (unpaired) electrons. The molecular formula is C55H47N2O2PPtSi. The summed E-state index contributed by atoms with van der Waals surface area (Å²) in [5, 5.41) is 9.52. The fourth-order valence-electron chi connectivity index (χ4n) is 9.29. The summed E-state index contributed by atoms with van der Waals surface area (Å²) in [6.07, 6.45) is 1.91. The molecule has 62 heavy (non-hydrogen) atoms. The Morgan fingerprint density at radius 3 is 1.68 bits per heavy atom. The van der Waals surface area contributed by atoms with Crippen LogP contribution in [0.25, 0.3) is 27.6 Å². The molecule has 4 nitrogen and oxygen atoms in total. The molecule has 0 saturated heterocycles. The van der Waals surface area contributed by atoms with Gasteiger partial charge >= 0.3 is 21.1 Å². The van der Waals surface area contributed by atoms with E-state index in [2.05, 4.69) is 143 Å². The standard InChI is InChI=1S/C55H47N2O2PSi.Pt/c1-54(2,3)38-25-30-45(31-26-38)61(46-32-27-39(28-33-46)55(4,5)6)50-23-14-22-48-47-34-29-41(37-49(47)57(52(48)50)53-51(61)24-15-35-56-53)59-40-16-13-21-44(36-40)60(58,42-17-9-7-10-18-42)43-19-11-8-12-20-43;/h7-35H,1-6H3;/q-2;+2. The minimum absolute atomic E-state index is 0. The van der Waals surface area contributed by atoms with Gasteiger partial charge in [0, 0.05) is 33.8 Å². The predicted octanol–water partition coefficient (Wildman–Crippen LogP) is 9.49. The van der Waals surface area contributed by atoms with Gasteiger partial charge in [0.1, 0.15) is 13.0 Å². The molecular weight excluding hydrogens is 975 g/mol. The average molecular weight is 1020 g/mol. The zero-order valence-electron chi connectivity index (χ0n) is 35.7. The van der Waals surface area contributed by atoms with Crippen molar-refractivity contribution < 1.29 is 30.4 Å². The number of pyridine rings is 1. The molecule has 0 atom stereocenters. The maximum absolute atomic E-state index is 15.2. The molecule has 308 valence electrons. The van der Waals surface area contributed by atoms with Crippen LogP contribution >= 0.6 is 7.14 Å². The Balaban J connectivity index is 0.00000490. The third-order valence-electron chi connectivity index (χ3n) is 12.4. The quantitative estimate of drug-likeness (QED) is 0.0909. The van der Waals surface area contributed by atoms with Gasteiger partial charge in [-0.2, -0.15) is 18.2 Å². The van der Waals surface area contributed by atoms with Crippen LogP contribution in [-0.4, -0.2) is 17.6 Å². The minimum atomic E-state index is -3.25. The Labute approximate surface area is 380 Å². The summed E-state index contributed by atoms with van der Waals surface area (Å²) in [6.45, 7) is 13.6. The van der Waals surface area contributed by atoms with Crippen LogP contribution in [0.3, 0.4) is 0 Å². The topological polar surface area (TPSA) is 44.1 Å². The zero-order chi connectivity index (χ0) is 42.1. The third kappa shape index (κ3) is 6.69. The van der Waals surface area contributed by atoms with E-state index in [1.54, 1.807) is 0 Å². The molecule has 0 fully saturated rings. The van der Waals surface area contributed by atoms with Gasteiger partial charge in [0.25, 0.3) is 0 Å². The van der Waals surface area contributed by atoms with Crippen molar-refractivity contribution >= 4 is 73.7 Å². The first-order valence-electron chi connectivity index (χ1n) is 21.0. The second kappa shape index (κ2) is 15.6. The van der Waals surface area contributed by atoms with Crippen LogP contribution in [-0.2, 0) is 36.5 Å². The van der Waals surface area contributed by atoms with Crippen molar-refractivity contribution in [1.82, 2.24) is 9.55 Å². The van der Waals surface area contributed by atoms with Crippen molar-refractivity contribution in [1.29, 1.82) is 0 Å². The van der Waals surface area contributed by atoms with E-state index in [9.17, 15) is 0 Å². The number of hydrogen-bond acceptors (Lipinski definition) is 3. The van der Waals surface area contributed by atoms with E-state index < -0.39 is 15.2 Å². The second-order valence-electron chi connectivity index (χ2n) is 18.2. The molecule has 3 heterocycles. The Morgan fingerprint density at radius 2 is 1.10 bits per heavy atom. The fourth-order valence-corrected chi connectivity index (χ4v) is 16.9. The molecule has 9 aromatic rings. The van der Waals surface area contributed by atoms with Crippen molar-refractivity contribution in [2.75, 3.05) is 0 Å². The minimum Gasteiger partial charge on any atom is -0.509 e. The summed E-state index contributed by atoms with van der Waals surface area (Å²) in [4.78, 5) is 5.24. The van der Waals surface area contributed by atoms with E-state index in [0.717, 1.165) is 38.2 Å². The number of para-hydroxylation sites is 1. The van der Waals surface area contributed by atoms with Gasteiger partial charge in [0.15, 0.2) is 8.07 Å². The summed E-state index contributed by atoms with van der Waals surface area (Å²) in [5.74, 6) is 1.93. The number of fused-ring (bicyclic) bond motifs is 5. The first-order valence-corrected chi connectivity index (χ1v) is 24.7. The van der Waals surface area contributed by atoms with Gasteiger partial charge in [0.2, 0.25) is 0 Å². The van der Waals surface area contributed by atoms with Gasteiger partial charge in [-0.05, 0) is 54.2 Å². The number of benzene rings is 7. The summed E-state index contributed by atoms with van der Waals surface area (Å²) in [7, 11) is -6.20. The Bertz CT molecular complexity index is 3050. The number of ether oxygens (including phenoxy) is 1. The van der Waals surface area contributed by atoms with Crippen LogP contribution in [0, 0.1) is 12.1 Å². The monoisotopic (exact) mass is 1020 g/mol. The third-order valence-corrected chi connectivity index (χ3v) is 20.2. The Hall–Kier alpha value is -5.57. The average Bonchev–Trinajstić information content (AvgIpc) is 3.61. The van der Waals surface area contributed by atoms with E-state index in [1.165, 1.54) is 31.9 Å². The van der Waals surface area contributed by atoms with Crippen molar-refractivity contribution in [3.63, 3.8) is 0 Å². The van der Waals surface area contributed by atoms with E-state index in [4.69, 9.17) is 9.72 Å². The van der Waals surface area contributed by atoms with Crippen molar-refractivity contribution in [2.24, 2.45) is 0 Å². The number of nitrogens with zero attached hydrogens (tertiary/aromatic N) is 2. The van der Waals surface area contributed by atoms with Gasteiger partial charge < -0.3 is 13.9 Å². The molecule has 0 bridgehead atoms. The molecule has 2 aromatic heterocycles. The van der Waals surface area contributed by atoms with E-state index in [1.807, 2.05) is 91.1 Å². The Kier molecular flexibility index (Phi) is 10.5. The van der Waals surface area contributed by atoms with E-state index in [-0.39, 0.29) is 31.9 Å². The Morgan fingerprint density at radius 1 is 0.548 bits per heavy atom. The fraction of sp³-hybridized carbons (Fsp3) is 0.145. The molecule has 7 heteroatoms. The number of rotatable bonds is 7. The van der Waals surface area contributed by atoms with Crippen molar-refractivity contribution in [3.8, 4) is 17.3 Å². The maximum atomic E-state index is 15.2. The van der Waals surface area contributed by atoms with Crippen LogP contribution in [0.5, 0.6) is 11.5 Å². The number of hydrogen-bond donors (Lipinski definition) is 0. The van der Waals surface area contributed by atoms with Crippen LogP contribution in [0.1, 0.15) is 52.7 Å². The molecule has 0 unspecified atom stereocenters. The second-order valence-corrected chi connectivity index (χ2v) is 24.6. The first-order chi connectivity index (χ1) is 29.4. The molecule has 0 saturated carbocycles. The molecule has 7 aromatic carbocycles. The summed E-state index contributed by atoms with van der Waals surface area (Å²) < 4.78 is 24.1. The smallest absolute Gasteiger partial charge is 0.509 e. The van der Waals surface area contributed by atoms with Crippen LogP contribution in [0.15, 0.2) is 176 Å². The number of aromatic nitrogens is 2. The summed E-state index contributed by atoms with van der Waals surface area (Å²) in [6, 6.07) is 66.3. The maximum Gasteiger partial charge on any atom is 2.00 e. The van der Waals surface area contributed by atoms with Gasteiger partial charge in [-0.15, -0.1) is 29.7 Å². The molecule has 0 spiro atoms. The van der Waals surface area contributed by atoms with Crippen molar-refractivity contribution in [3.05, 3.63) is 199 Å². The molecule has 10 rings (SSSR count). The van der Waals surface area contributed by atoms with Crippen LogP contribution in [0.2, 0.25) is 0 Å². The van der Waals surface area contributed by atoms with E-state index in [0.29, 0.717) is 16.8 Å². The van der Waals surface area contributed by atoms with Gasteiger partial charge in [-0.3, -0.25) is 0 Å². The van der Waals surface area contributed by atoms with Crippen molar-refractivity contribution in [2.45, 2.75) is 52.4 Å². The van der Waals surface area contributed by atoms with Gasteiger partial charge in [0.05, 0.1) is 0 Å². The molecule has 0 N–H and O–H groups in total. The molecule has 1 aliphatic rings. The SMILES string of the molecule is CC(C)(C)c1ccc([Si]2(c3ccc(C(C)(C)C)cc3)c3cccnc3-n3c4[c-]c(Oc5[c-]c(P(=O)(c6ccccc6)c6ccccc6)ccc5)ccc4c4cccc2c43)cc1.[Pt+2]. The predicted molar refractivity (Wildman–Crippen MR) is 257 cm³/mol. The zero-order valence-corrected chi connectivity index (χ0v) is 39.9. The molecule has 0 aliphatic carbocycles. The normalized spacial score (nSPS) is 13.4. The van der Waals surface area contributed by atoms with Gasteiger partial charge in [-0.1, -0.05) is 186 Å². The van der Waals surface area contributed by atoms with Crippen LogP contribution in [0.4, 0.5) is 0 Å². The first kappa shape index (κ1) is 41.8. The van der Waals surface area contributed by atoms with E-state index >= 15 is 4.57 Å². The van der Waals surface area contributed by atoms with Gasteiger partial charge in [-0.25, -0.2) is 4.98 Å². The molecule has 0 amide bonds. The molecule has 1 aliphatic heterocycles.